The molecule has 0 unspecified atom stereocenters. The highest BCUT2D eigenvalue weighted by molar-refractivity contribution is 5.96. The van der Waals surface area contributed by atoms with Crippen molar-refractivity contribution >= 4 is 66.4 Å². The van der Waals surface area contributed by atoms with Crippen LogP contribution in [-0.2, 0) is 0 Å². The van der Waals surface area contributed by atoms with Gasteiger partial charge in [-0.1, -0.05) is 194 Å². The predicted molar refractivity (Wildman–Crippen MR) is 378 cm³/mol. The maximum absolute atomic E-state index is 13.2. The number of benzene rings is 8. The van der Waals surface area contributed by atoms with Crippen molar-refractivity contribution in [3.05, 3.63) is 263 Å². The second kappa shape index (κ2) is 28.7. The molecule has 464 valence electrons. The van der Waals surface area contributed by atoms with Gasteiger partial charge in [0, 0.05) is 22.3 Å². The number of anilines is 4. The molecule has 4 aliphatic rings. The third-order valence-corrected chi connectivity index (χ3v) is 18.5. The zero-order valence-corrected chi connectivity index (χ0v) is 52.4. The Morgan fingerprint density at radius 1 is 0.207 bits per heavy atom. The molecule has 12 nitrogen and oxygen atoms in total. The van der Waals surface area contributed by atoms with E-state index in [9.17, 15) is 20.8 Å². The number of hydrogen-bond acceptors (Lipinski definition) is 8. The predicted octanol–water partition coefficient (Wildman–Crippen LogP) is 16.5. The normalized spacial score (nSPS) is 15.0. The fourth-order valence-electron chi connectivity index (χ4n) is 13.9. The van der Waals surface area contributed by atoms with Gasteiger partial charge in [-0.3, -0.25) is 19.6 Å². The second-order valence-electron chi connectivity index (χ2n) is 24.6. The monoisotopic (exact) mass is 1220 g/mol. The van der Waals surface area contributed by atoms with Gasteiger partial charge in [0.2, 0.25) is 0 Å². The zero-order chi connectivity index (χ0) is 62.6. The molecule has 12 aromatic rings. The summed E-state index contributed by atoms with van der Waals surface area (Å²) >= 11 is 0. The van der Waals surface area contributed by atoms with Crippen molar-refractivity contribution in [2.45, 2.75) is 77.0 Å². The van der Waals surface area contributed by atoms with Crippen molar-refractivity contribution < 1.29 is 18.9 Å². The van der Waals surface area contributed by atoms with Crippen LogP contribution in [0.2, 0.25) is 0 Å². The summed E-state index contributed by atoms with van der Waals surface area (Å²) in [5.41, 5.74) is 6.76. The fourth-order valence-corrected chi connectivity index (χ4v) is 13.9. The van der Waals surface area contributed by atoms with E-state index in [2.05, 4.69) is 68.1 Å². The molecule has 0 saturated carbocycles. The zero-order valence-electron chi connectivity index (χ0n) is 52.4. The lowest BCUT2D eigenvalue weighted by Crippen LogP contribution is -2.42. The molecular formula is C80H80N8O4. The number of aromatic nitrogens is 4. The molecule has 12 heteroatoms. The van der Waals surface area contributed by atoms with Gasteiger partial charge in [0.15, 0.2) is 0 Å². The Morgan fingerprint density at radius 2 is 0.380 bits per heavy atom. The van der Waals surface area contributed by atoms with Gasteiger partial charge in [-0.2, -0.15) is 0 Å². The van der Waals surface area contributed by atoms with Crippen LogP contribution in [0.15, 0.2) is 243 Å². The third-order valence-electron chi connectivity index (χ3n) is 18.5. The molecule has 0 atom stereocenters. The van der Waals surface area contributed by atoms with Gasteiger partial charge < -0.3 is 20.8 Å². The number of hydrogen-bond donors (Lipinski definition) is 0. The van der Waals surface area contributed by atoms with Crippen LogP contribution in [0.1, 0.15) is 77.0 Å². The van der Waals surface area contributed by atoms with Gasteiger partial charge in [0.25, 0.3) is 23.3 Å². The smallest absolute Gasteiger partial charge is 0.288 e. The molecule has 8 aromatic carbocycles. The Balaban J connectivity index is 0.000000112. The molecule has 0 bridgehead atoms. The summed E-state index contributed by atoms with van der Waals surface area (Å²) in [7, 11) is 0. The second-order valence-corrected chi connectivity index (χ2v) is 24.6. The molecule has 4 saturated heterocycles. The van der Waals surface area contributed by atoms with E-state index in [4.69, 9.17) is 0 Å². The average Bonchev–Trinajstić information content (AvgIpc) is 1.35. The molecule has 4 aromatic heterocycles. The molecule has 8 heterocycles. The number of nitrogens with zero attached hydrogens (tertiary/aromatic N) is 8. The summed E-state index contributed by atoms with van der Waals surface area (Å²) in [6.45, 7) is 7.70. The summed E-state index contributed by atoms with van der Waals surface area (Å²) < 4.78 is 4.51. The van der Waals surface area contributed by atoms with Crippen molar-refractivity contribution in [2.75, 3.05) is 72.0 Å². The van der Waals surface area contributed by atoms with E-state index in [0.717, 1.165) is 234 Å². The van der Waals surface area contributed by atoms with E-state index < -0.39 is 0 Å². The SMILES string of the molecule is [O-][n+]1c(-c2ccccc2)cc2ccccc2c1N1CCCCC1.[O-][n+]1c(-c2ccccc2)cc2ccccc2c1N1CCCCC1.[O-][n+]1c(-c2ccccc2)cc2ccccc2c1N1CCCCC1.[O-][n+]1c(-c2ccccc2)cc2ccccc2c1N1CCCCC1. The van der Waals surface area contributed by atoms with Crippen LogP contribution in [0.5, 0.6) is 0 Å². The fraction of sp³-hybridized carbons (Fsp3) is 0.250. The third kappa shape index (κ3) is 13.2. The number of piperidine rings is 4. The van der Waals surface area contributed by atoms with Gasteiger partial charge in [-0.05, 0) is 147 Å². The maximum Gasteiger partial charge on any atom is 0.288 e. The first kappa shape index (κ1) is 60.7. The highest BCUT2D eigenvalue weighted by Gasteiger charge is 2.30. The maximum atomic E-state index is 13.2. The number of fused-ring (bicyclic) bond motifs is 4. The van der Waals surface area contributed by atoms with E-state index in [-0.39, 0.29) is 0 Å². The number of pyridine rings is 4. The van der Waals surface area contributed by atoms with Gasteiger partial charge in [0.1, 0.15) is 22.8 Å². The molecule has 0 N–H and O–H groups in total. The first-order chi connectivity index (χ1) is 45.4. The molecular weight excluding hydrogens is 1140 g/mol. The Labute approximate surface area is 540 Å². The van der Waals surface area contributed by atoms with E-state index in [1.54, 1.807) is 0 Å². The molecule has 4 fully saturated rings. The summed E-state index contributed by atoms with van der Waals surface area (Å²) in [6.07, 6.45) is 14.3. The number of rotatable bonds is 8. The lowest BCUT2D eigenvalue weighted by molar-refractivity contribution is -0.579. The summed E-state index contributed by atoms with van der Waals surface area (Å²) in [4.78, 5) is 9.02. The van der Waals surface area contributed by atoms with Crippen LogP contribution < -0.4 is 38.5 Å². The lowest BCUT2D eigenvalue weighted by Gasteiger charge is -2.27. The van der Waals surface area contributed by atoms with Gasteiger partial charge in [-0.15, -0.1) is 0 Å². The Morgan fingerprint density at radius 3 is 0.576 bits per heavy atom. The van der Waals surface area contributed by atoms with Crippen molar-refractivity contribution in [1.82, 2.24) is 0 Å². The van der Waals surface area contributed by atoms with E-state index in [1.165, 1.54) is 25.7 Å². The van der Waals surface area contributed by atoms with Crippen LogP contribution in [0.4, 0.5) is 23.3 Å². The van der Waals surface area contributed by atoms with Crippen molar-refractivity contribution in [3.8, 4) is 45.0 Å². The highest BCUT2D eigenvalue weighted by atomic mass is 16.5. The summed E-state index contributed by atoms with van der Waals surface area (Å²) in [6, 6.07) is 80.5. The Kier molecular flexibility index (Phi) is 19.0. The van der Waals surface area contributed by atoms with Crippen molar-refractivity contribution in [3.63, 3.8) is 0 Å². The molecule has 4 aliphatic heterocycles. The lowest BCUT2D eigenvalue weighted by atomic mass is 10.0. The molecule has 92 heavy (non-hydrogen) atoms. The topological polar surface area (TPSA) is 121 Å². The summed E-state index contributed by atoms with van der Waals surface area (Å²) in [5.74, 6) is 3.23. The standard InChI is InChI=1S/4C20H20N2O/c4*23-22-19(16-9-3-1-4-10-16)15-17-11-5-6-12-18(17)20(22)21-13-7-2-8-14-21/h4*1,3-6,9-12,15H,2,7-8,13-14H2. The largest absolute Gasteiger partial charge is 0.710 e. The van der Waals surface area contributed by atoms with Crippen LogP contribution in [0.3, 0.4) is 0 Å². The van der Waals surface area contributed by atoms with Crippen LogP contribution in [0, 0.1) is 20.8 Å². The van der Waals surface area contributed by atoms with Crippen LogP contribution in [-0.4, -0.2) is 52.4 Å². The Hall–Kier alpha value is -10.2. The van der Waals surface area contributed by atoms with E-state index in [1.807, 2.05) is 194 Å². The first-order valence-corrected chi connectivity index (χ1v) is 33.2. The van der Waals surface area contributed by atoms with Crippen LogP contribution >= 0.6 is 0 Å². The quantitative estimate of drug-likeness (QED) is 0.109. The molecule has 0 spiro atoms. The minimum atomic E-state index is 0.727. The summed E-state index contributed by atoms with van der Waals surface area (Å²) in [5, 5.41) is 61.3. The van der Waals surface area contributed by atoms with Gasteiger partial charge in [-0.25, -0.2) is 18.9 Å². The van der Waals surface area contributed by atoms with Gasteiger partial charge >= 0.3 is 0 Å². The van der Waals surface area contributed by atoms with Crippen molar-refractivity contribution in [1.29, 1.82) is 0 Å². The van der Waals surface area contributed by atoms with E-state index in [0.29, 0.717) is 0 Å². The minimum Gasteiger partial charge on any atom is -0.710 e. The molecule has 0 radical (unpaired) electrons. The van der Waals surface area contributed by atoms with E-state index >= 15 is 0 Å². The molecule has 16 rings (SSSR count). The van der Waals surface area contributed by atoms with Crippen molar-refractivity contribution in [2.24, 2.45) is 0 Å². The molecule has 0 amide bonds. The molecule has 0 aliphatic carbocycles. The van der Waals surface area contributed by atoms with Gasteiger partial charge in [0.05, 0.1) is 73.9 Å². The minimum absolute atomic E-state index is 0.727. The van der Waals surface area contributed by atoms with Crippen LogP contribution in [0.25, 0.3) is 88.1 Å². The highest BCUT2D eigenvalue weighted by Crippen LogP contribution is 2.35. The average molecular weight is 1220 g/mol. The first-order valence-electron chi connectivity index (χ1n) is 33.2. The Bertz CT molecular complexity index is 3870.